The van der Waals surface area contributed by atoms with Gasteiger partial charge in [0.05, 0.1) is 21.6 Å². The molecule has 0 aliphatic heterocycles. The van der Waals surface area contributed by atoms with Crippen molar-refractivity contribution in [3.05, 3.63) is 101 Å². The fourth-order valence-electron chi connectivity index (χ4n) is 3.48. The zero-order valence-electron chi connectivity index (χ0n) is 17.7. The number of benzene rings is 2. The zero-order chi connectivity index (χ0) is 23.5. The van der Waals surface area contributed by atoms with Gasteiger partial charge in [0, 0.05) is 36.4 Å². The molecule has 0 radical (unpaired) electrons. The Bertz CT molecular complexity index is 1490. The first-order chi connectivity index (χ1) is 16.6. The van der Waals surface area contributed by atoms with Crippen LogP contribution in [0.15, 0.2) is 79.3 Å². The molecule has 0 unspecified atom stereocenters. The fraction of sp³-hybridized carbons (Fsp3) is 0.0400. The number of aromatic nitrogens is 4. The van der Waals surface area contributed by atoms with Gasteiger partial charge in [-0.25, -0.2) is 14.4 Å². The van der Waals surface area contributed by atoms with Crippen molar-refractivity contribution in [1.82, 2.24) is 19.9 Å². The van der Waals surface area contributed by atoms with Crippen molar-refractivity contribution in [2.24, 2.45) is 0 Å². The molecule has 0 fully saturated rings. The second kappa shape index (κ2) is 9.29. The van der Waals surface area contributed by atoms with Crippen molar-refractivity contribution < 1.29 is 9.18 Å². The number of halogens is 2. The Balaban J connectivity index is 1.38. The first-order valence-corrected chi connectivity index (χ1v) is 10.8. The molecule has 0 aliphatic carbocycles. The van der Waals surface area contributed by atoms with Gasteiger partial charge in [0.2, 0.25) is 0 Å². The number of imidazole rings is 1. The molecule has 0 bridgehead atoms. The number of amides is 1. The molecule has 2 aromatic carbocycles. The topological polar surface area (TPSA) is 95.6 Å². The molecule has 0 saturated carbocycles. The van der Waals surface area contributed by atoms with Gasteiger partial charge in [-0.2, -0.15) is 0 Å². The smallest absolute Gasteiger partial charge is 0.255 e. The Morgan fingerprint density at radius 3 is 2.71 bits per heavy atom. The van der Waals surface area contributed by atoms with Crippen LogP contribution in [0.25, 0.3) is 22.4 Å². The molecule has 3 N–H and O–H groups in total. The normalized spacial score (nSPS) is 10.9. The number of nitrogens with one attached hydrogen (secondary N) is 3. The van der Waals surface area contributed by atoms with E-state index in [0.29, 0.717) is 23.9 Å². The number of carbonyl (C=O) groups is 1. The van der Waals surface area contributed by atoms with Crippen molar-refractivity contribution >= 4 is 40.0 Å². The molecule has 3 aromatic heterocycles. The largest absolute Gasteiger partial charge is 0.365 e. The number of anilines is 2. The Hall–Kier alpha value is -4.30. The Labute approximate surface area is 199 Å². The summed E-state index contributed by atoms with van der Waals surface area (Å²) in [6.45, 7) is 0.592. The molecule has 0 saturated heterocycles. The van der Waals surface area contributed by atoms with E-state index in [1.165, 1.54) is 12.1 Å². The van der Waals surface area contributed by atoms with Crippen LogP contribution in [-0.4, -0.2) is 25.8 Å². The van der Waals surface area contributed by atoms with Crippen molar-refractivity contribution in [3.8, 4) is 11.4 Å². The highest BCUT2D eigenvalue weighted by atomic mass is 35.5. The predicted molar refractivity (Wildman–Crippen MR) is 130 cm³/mol. The standard InChI is InChI=1S/C25H18ClFN6O/c26-19-5-3-16(12-20(19)27)25(34)31-17-4-6-21-22(13-17)33-24(32-21)18-2-1-9-29-23(18)30-14-15-7-10-28-11-8-15/h1-13H,14H2,(H,29,30)(H,31,34)(H,32,33). The van der Waals surface area contributed by atoms with Crippen LogP contribution < -0.4 is 10.6 Å². The number of rotatable bonds is 6. The highest BCUT2D eigenvalue weighted by Gasteiger charge is 2.13. The summed E-state index contributed by atoms with van der Waals surface area (Å²) in [5.41, 5.74) is 4.08. The lowest BCUT2D eigenvalue weighted by molar-refractivity contribution is 0.102. The molecule has 9 heteroatoms. The molecule has 1 amide bonds. The first-order valence-electron chi connectivity index (χ1n) is 10.4. The summed E-state index contributed by atoms with van der Waals surface area (Å²) in [5, 5.41) is 6.08. The van der Waals surface area contributed by atoms with E-state index in [1.54, 1.807) is 36.8 Å². The third-order valence-electron chi connectivity index (χ3n) is 5.19. The fourth-order valence-corrected chi connectivity index (χ4v) is 3.60. The number of carbonyl (C=O) groups excluding carboxylic acids is 1. The molecule has 5 rings (SSSR count). The predicted octanol–water partition coefficient (Wildman–Crippen LogP) is 5.68. The monoisotopic (exact) mass is 472 g/mol. The molecular weight excluding hydrogens is 455 g/mol. The van der Waals surface area contributed by atoms with Gasteiger partial charge in [-0.15, -0.1) is 0 Å². The summed E-state index contributed by atoms with van der Waals surface area (Å²) in [7, 11) is 0. The average Bonchev–Trinajstić information content (AvgIpc) is 3.28. The van der Waals surface area contributed by atoms with Crippen LogP contribution in [0.1, 0.15) is 15.9 Å². The molecule has 7 nitrogen and oxygen atoms in total. The minimum absolute atomic E-state index is 0.0343. The van der Waals surface area contributed by atoms with Gasteiger partial charge in [-0.1, -0.05) is 11.6 Å². The highest BCUT2D eigenvalue weighted by molar-refractivity contribution is 6.30. The van der Waals surface area contributed by atoms with Crippen LogP contribution in [-0.2, 0) is 6.54 Å². The van der Waals surface area contributed by atoms with E-state index in [4.69, 9.17) is 11.6 Å². The minimum Gasteiger partial charge on any atom is -0.365 e. The zero-order valence-corrected chi connectivity index (χ0v) is 18.5. The lowest BCUT2D eigenvalue weighted by Gasteiger charge is -2.09. The molecule has 0 aliphatic rings. The van der Waals surface area contributed by atoms with Crippen molar-refractivity contribution in [2.45, 2.75) is 6.54 Å². The maximum absolute atomic E-state index is 13.7. The van der Waals surface area contributed by atoms with Crippen molar-refractivity contribution in [1.29, 1.82) is 0 Å². The number of nitrogens with zero attached hydrogens (tertiary/aromatic N) is 3. The van der Waals surface area contributed by atoms with Gasteiger partial charge < -0.3 is 15.6 Å². The van der Waals surface area contributed by atoms with Gasteiger partial charge >= 0.3 is 0 Å². The van der Waals surface area contributed by atoms with Crippen LogP contribution in [0.5, 0.6) is 0 Å². The van der Waals surface area contributed by atoms with Crippen LogP contribution in [0.4, 0.5) is 15.9 Å². The number of aromatic amines is 1. The summed E-state index contributed by atoms with van der Waals surface area (Å²) in [6.07, 6.45) is 5.21. The van der Waals surface area contributed by atoms with Crippen LogP contribution in [0.2, 0.25) is 5.02 Å². The average molecular weight is 473 g/mol. The van der Waals surface area contributed by atoms with E-state index >= 15 is 0 Å². The lowest BCUT2D eigenvalue weighted by Crippen LogP contribution is -2.12. The van der Waals surface area contributed by atoms with Gasteiger partial charge in [-0.3, -0.25) is 9.78 Å². The first kappa shape index (κ1) is 21.5. The second-order valence-corrected chi connectivity index (χ2v) is 7.92. The number of hydrogen-bond acceptors (Lipinski definition) is 5. The van der Waals surface area contributed by atoms with E-state index in [-0.39, 0.29) is 10.6 Å². The molecular formula is C25H18ClFN6O. The summed E-state index contributed by atoms with van der Waals surface area (Å²) >= 11 is 5.70. The van der Waals surface area contributed by atoms with Crippen LogP contribution in [0.3, 0.4) is 0 Å². The Morgan fingerprint density at radius 2 is 1.88 bits per heavy atom. The van der Waals surface area contributed by atoms with E-state index in [2.05, 4.69) is 30.6 Å². The summed E-state index contributed by atoms with van der Waals surface area (Å²) in [4.78, 5) is 29.0. The van der Waals surface area contributed by atoms with Gasteiger partial charge in [-0.05, 0) is 66.2 Å². The maximum Gasteiger partial charge on any atom is 0.255 e. The Kier molecular flexibility index (Phi) is 5.88. The highest BCUT2D eigenvalue weighted by Crippen LogP contribution is 2.27. The van der Waals surface area contributed by atoms with Gasteiger partial charge in [0.15, 0.2) is 0 Å². The third kappa shape index (κ3) is 4.57. The second-order valence-electron chi connectivity index (χ2n) is 7.51. The van der Waals surface area contributed by atoms with E-state index in [0.717, 1.165) is 28.2 Å². The molecule has 0 spiro atoms. The molecule has 3 heterocycles. The number of fused-ring (bicyclic) bond motifs is 1. The Morgan fingerprint density at radius 1 is 1.03 bits per heavy atom. The van der Waals surface area contributed by atoms with E-state index in [1.807, 2.05) is 24.3 Å². The van der Waals surface area contributed by atoms with Crippen LogP contribution >= 0.6 is 11.6 Å². The van der Waals surface area contributed by atoms with Crippen molar-refractivity contribution in [3.63, 3.8) is 0 Å². The van der Waals surface area contributed by atoms with E-state index < -0.39 is 11.7 Å². The SMILES string of the molecule is O=C(Nc1ccc2nc(-c3cccnc3NCc3ccncc3)[nH]c2c1)c1ccc(Cl)c(F)c1. The number of hydrogen-bond donors (Lipinski definition) is 3. The summed E-state index contributed by atoms with van der Waals surface area (Å²) < 4.78 is 13.7. The molecule has 5 aromatic rings. The summed E-state index contributed by atoms with van der Waals surface area (Å²) in [6, 6.07) is 16.9. The molecule has 168 valence electrons. The van der Waals surface area contributed by atoms with Crippen molar-refractivity contribution in [2.75, 3.05) is 10.6 Å². The third-order valence-corrected chi connectivity index (χ3v) is 5.50. The van der Waals surface area contributed by atoms with Gasteiger partial charge in [0.1, 0.15) is 17.5 Å². The number of pyridine rings is 2. The molecule has 0 atom stereocenters. The van der Waals surface area contributed by atoms with Gasteiger partial charge in [0.25, 0.3) is 5.91 Å². The number of H-pyrrole nitrogens is 1. The minimum atomic E-state index is -0.646. The quantitative estimate of drug-likeness (QED) is 0.295. The molecule has 34 heavy (non-hydrogen) atoms. The van der Waals surface area contributed by atoms with Crippen LogP contribution in [0, 0.1) is 5.82 Å². The van der Waals surface area contributed by atoms with E-state index in [9.17, 15) is 9.18 Å². The maximum atomic E-state index is 13.7. The summed E-state index contributed by atoms with van der Waals surface area (Å²) in [5.74, 6) is 0.248. The lowest BCUT2D eigenvalue weighted by atomic mass is 10.2.